The second-order valence-electron chi connectivity index (χ2n) is 5.02. The Balaban J connectivity index is 3.05. The van der Waals surface area contributed by atoms with E-state index in [1.165, 1.54) is 0 Å². The zero-order valence-electron chi connectivity index (χ0n) is 11.0. The van der Waals surface area contributed by atoms with Crippen molar-refractivity contribution in [2.45, 2.75) is 18.7 Å². The van der Waals surface area contributed by atoms with Crippen molar-refractivity contribution < 1.29 is 22.8 Å². The number of hydrogen-bond donors (Lipinski definition) is 2. The Morgan fingerprint density at radius 3 is 2.55 bits per heavy atom. The summed E-state index contributed by atoms with van der Waals surface area (Å²) in [5.41, 5.74) is -1.59. The maximum atomic E-state index is 13.1. The number of nitro benzene ring substituents is 1. The molecule has 2 N–H and O–H groups in total. The second-order valence-corrected chi connectivity index (χ2v) is 6.78. The number of nitro groups is 1. The van der Waals surface area contributed by atoms with Crippen molar-refractivity contribution in [3.05, 3.63) is 34.1 Å². The van der Waals surface area contributed by atoms with Gasteiger partial charge >= 0.3 is 5.69 Å². The molecule has 0 aliphatic heterocycles. The van der Waals surface area contributed by atoms with Crippen LogP contribution in [0.2, 0.25) is 0 Å². The Labute approximate surface area is 115 Å². The first kappa shape index (κ1) is 16.5. The topological polar surface area (TPSA) is 110 Å². The highest BCUT2D eigenvalue weighted by molar-refractivity contribution is 7.89. The fourth-order valence-corrected chi connectivity index (χ4v) is 2.49. The van der Waals surface area contributed by atoms with Gasteiger partial charge in [0.15, 0.2) is 0 Å². The number of rotatable bonds is 6. The average molecular weight is 306 g/mol. The first-order chi connectivity index (χ1) is 9.09. The fraction of sp³-hybridized carbons (Fsp3) is 0.455. The van der Waals surface area contributed by atoms with E-state index >= 15 is 0 Å². The van der Waals surface area contributed by atoms with Crippen LogP contribution in [0.4, 0.5) is 10.1 Å². The van der Waals surface area contributed by atoms with Crippen LogP contribution in [-0.2, 0) is 10.0 Å². The van der Waals surface area contributed by atoms with Gasteiger partial charge in [-0.2, -0.15) is 4.39 Å². The first-order valence-corrected chi connectivity index (χ1v) is 7.12. The van der Waals surface area contributed by atoms with Crippen molar-refractivity contribution in [2.24, 2.45) is 5.41 Å². The molecule has 20 heavy (non-hydrogen) atoms. The molecule has 0 radical (unpaired) electrons. The quantitative estimate of drug-likeness (QED) is 0.602. The molecule has 0 amide bonds. The molecule has 0 bridgehead atoms. The van der Waals surface area contributed by atoms with E-state index in [1.54, 1.807) is 13.8 Å². The maximum Gasteiger partial charge on any atom is 0.306 e. The van der Waals surface area contributed by atoms with Gasteiger partial charge in [0.25, 0.3) is 0 Å². The third kappa shape index (κ3) is 3.95. The number of aliphatic hydroxyl groups is 1. The van der Waals surface area contributed by atoms with Gasteiger partial charge in [0.05, 0.1) is 9.82 Å². The van der Waals surface area contributed by atoms with E-state index in [0.717, 1.165) is 12.1 Å². The van der Waals surface area contributed by atoms with Crippen LogP contribution in [0.1, 0.15) is 13.8 Å². The first-order valence-electron chi connectivity index (χ1n) is 5.63. The Morgan fingerprint density at radius 1 is 1.45 bits per heavy atom. The van der Waals surface area contributed by atoms with E-state index in [9.17, 15) is 22.9 Å². The van der Waals surface area contributed by atoms with E-state index in [4.69, 9.17) is 5.11 Å². The summed E-state index contributed by atoms with van der Waals surface area (Å²) in [5, 5.41) is 19.6. The van der Waals surface area contributed by atoms with Gasteiger partial charge in [0.1, 0.15) is 0 Å². The molecule has 0 saturated heterocycles. The minimum atomic E-state index is -4.01. The van der Waals surface area contributed by atoms with E-state index in [2.05, 4.69) is 4.72 Å². The predicted octanol–water partition coefficient (Wildman–Crippen LogP) is 1.03. The van der Waals surface area contributed by atoms with E-state index in [1.807, 2.05) is 0 Å². The average Bonchev–Trinajstić information content (AvgIpc) is 2.36. The largest absolute Gasteiger partial charge is 0.396 e. The zero-order valence-corrected chi connectivity index (χ0v) is 11.8. The second kappa shape index (κ2) is 5.81. The molecular formula is C11H15FN2O5S. The molecule has 0 aromatic heterocycles. The molecule has 0 aliphatic carbocycles. The molecule has 9 heteroatoms. The summed E-state index contributed by atoms with van der Waals surface area (Å²) in [5.74, 6) is -1.11. The highest BCUT2D eigenvalue weighted by Gasteiger charge is 2.24. The van der Waals surface area contributed by atoms with Crippen molar-refractivity contribution >= 4 is 15.7 Å². The van der Waals surface area contributed by atoms with Crippen LogP contribution in [0.15, 0.2) is 23.1 Å². The Morgan fingerprint density at radius 2 is 2.05 bits per heavy atom. The lowest BCUT2D eigenvalue weighted by molar-refractivity contribution is -0.387. The predicted molar refractivity (Wildman–Crippen MR) is 69.1 cm³/mol. The smallest absolute Gasteiger partial charge is 0.306 e. The SMILES string of the molecule is CC(C)(CO)CNS(=O)(=O)c1ccc(F)c([N+](=O)[O-])c1. The highest BCUT2D eigenvalue weighted by atomic mass is 32.2. The summed E-state index contributed by atoms with van der Waals surface area (Å²) in [4.78, 5) is 9.18. The van der Waals surface area contributed by atoms with Crippen LogP contribution in [-0.4, -0.2) is 31.6 Å². The molecule has 7 nitrogen and oxygen atoms in total. The maximum absolute atomic E-state index is 13.1. The van der Waals surface area contributed by atoms with Crippen LogP contribution in [0, 0.1) is 21.3 Å². The minimum Gasteiger partial charge on any atom is -0.396 e. The van der Waals surface area contributed by atoms with Gasteiger partial charge in [-0.1, -0.05) is 13.8 Å². The Kier molecular flexibility index (Phi) is 4.79. The summed E-state index contributed by atoms with van der Waals surface area (Å²) < 4.78 is 39.3. The number of nitrogens with zero attached hydrogens (tertiary/aromatic N) is 1. The highest BCUT2D eigenvalue weighted by Crippen LogP contribution is 2.22. The zero-order chi connectivity index (χ0) is 15.6. The Hall–Kier alpha value is -1.58. The van der Waals surface area contributed by atoms with Gasteiger partial charge in [0, 0.05) is 24.6 Å². The number of benzene rings is 1. The third-order valence-corrected chi connectivity index (χ3v) is 3.99. The number of hydrogen-bond acceptors (Lipinski definition) is 5. The van der Waals surface area contributed by atoms with Gasteiger partial charge in [-0.15, -0.1) is 0 Å². The molecular weight excluding hydrogens is 291 g/mol. The summed E-state index contributed by atoms with van der Waals surface area (Å²) in [6.45, 7) is 2.99. The third-order valence-electron chi connectivity index (χ3n) is 2.59. The number of sulfonamides is 1. The fourth-order valence-electron chi connectivity index (χ4n) is 1.23. The lowest BCUT2D eigenvalue weighted by Crippen LogP contribution is -2.36. The molecule has 0 heterocycles. The molecule has 112 valence electrons. The minimum absolute atomic E-state index is 0.0585. The summed E-state index contributed by atoms with van der Waals surface area (Å²) in [6.07, 6.45) is 0. The van der Waals surface area contributed by atoms with Gasteiger partial charge in [-0.25, -0.2) is 13.1 Å². The van der Waals surface area contributed by atoms with Crippen molar-refractivity contribution in [1.82, 2.24) is 4.72 Å². The molecule has 0 atom stereocenters. The molecule has 1 aromatic rings. The van der Waals surface area contributed by atoms with Crippen LogP contribution in [0.3, 0.4) is 0 Å². The van der Waals surface area contributed by atoms with E-state index in [0.29, 0.717) is 6.07 Å². The van der Waals surface area contributed by atoms with E-state index < -0.39 is 36.8 Å². The number of halogens is 1. The van der Waals surface area contributed by atoms with Crippen molar-refractivity contribution in [3.63, 3.8) is 0 Å². The molecule has 0 aliphatic rings. The number of nitrogens with one attached hydrogen (secondary N) is 1. The van der Waals surface area contributed by atoms with Crippen molar-refractivity contribution in [1.29, 1.82) is 0 Å². The summed E-state index contributed by atoms with van der Waals surface area (Å²) >= 11 is 0. The van der Waals surface area contributed by atoms with Crippen LogP contribution < -0.4 is 4.72 Å². The van der Waals surface area contributed by atoms with Crippen molar-refractivity contribution in [3.8, 4) is 0 Å². The molecule has 0 spiro atoms. The van der Waals surface area contributed by atoms with Crippen LogP contribution >= 0.6 is 0 Å². The monoisotopic (exact) mass is 306 g/mol. The van der Waals surface area contributed by atoms with Gasteiger partial charge < -0.3 is 5.11 Å². The van der Waals surface area contributed by atoms with Crippen LogP contribution in [0.25, 0.3) is 0 Å². The molecule has 1 aromatic carbocycles. The Bertz CT molecular complexity index is 615. The molecule has 1 rings (SSSR count). The lowest BCUT2D eigenvalue weighted by atomic mass is 9.96. The van der Waals surface area contributed by atoms with Gasteiger partial charge in [-0.3, -0.25) is 10.1 Å². The normalized spacial score (nSPS) is 12.4. The van der Waals surface area contributed by atoms with Gasteiger partial charge in [-0.05, 0) is 12.1 Å². The summed E-state index contributed by atoms with van der Waals surface area (Å²) in [7, 11) is -4.01. The molecule has 0 fully saturated rings. The molecule has 0 unspecified atom stereocenters. The van der Waals surface area contributed by atoms with E-state index in [-0.39, 0.29) is 13.2 Å². The lowest BCUT2D eigenvalue weighted by Gasteiger charge is -2.21. The summed E-state index contributed by atoms with van der Waals surface area (Å²) in [6, 6.07) is 2.32. The van der Waals surface area contributed by atoms with Crippen LogP contribution in [0.5, 0.6) is 0 Å². The van der Waals surface area contributed by atoms with Gasteiger partial charge in [0.2, 0.25) is 15.8 Å². The van der Waals surface area contributed by atoms with Crippen molar-refractivity contribution in [2.75, 3.05) is 13.2 Å². The number of aliphatic hydroxyl groups excluding tert-OH is 1. The standard InChI is InChI=1S/C11H15FN2O5S/c1-11(2,7-15)6-13-20(18,19)8-3-4-9(12)10(5-8)14(16)17/h3-5,13,15H,6-7H2,1-2H3. The molecule has 0 saturated carbocycles.